The van der Waals surface area contributed by atoms with Crippen LogP contribution in [0.2, 0.25) is 5.02 Å². The van der Waals surface area contributed by atoms with E-state index >= 15 is 0 Å². The molecule has 1 aliphatic rings. The summed E-state index contributed by atoms with van der Waals surface area (Å²) in [6, 6.07) is 11.2. The molecular formula is C23H11ClF3N3O7. The van der Waals surface area contributed by atoms with Gasteiger partial charge in [-0.2, -0.15) is 13.2 Å². The topological polar surface area (TPSA) is 134 Å². The van der Waals surface area contributed by atoms with Gasteiger partial charge in [-0.25, -0.2) is 9.79 Å². The highest BCUT2D eigenvalue weighted by Gasteiger charge is 2.33. The minimum Gasteiger partial charge on any atom is -0.449 e. The van der Waals surface area contributed by atoms with Crippen LogP contribution in [-0.4, -0.2) is 21.7 Å². The van der Waals surface area contributed by atoms with Gasteiger partial charge in [0.05, 0.1) is 26.0 Å². The molecule has 0 aromatic heterocycles. The third-order valence-electron chi connectivity index (χ3n) is 4.93. The van der Waals surface area contributed by atoms with E-state index in [-0.39, 0.29) is 39.2 Å². The van der Waals surface area contributed by atoms with Crippen LogP contribution in [0, 0.1) is 20.2 Å². The minimum atomic E-state index is -4.79. The molecule has 4 rings (SSSR count). The van der Waals surface area contributed by atoms with E-state index in [9.17, 15) is 38.2 Å². The molecule has 0 unspecified atom stereocenters. The number of rotatable bonds is 6. The van der Waals surface area contributed by atoms with Gasteiger partial charge in [0.2, 0.25) is 11.6 Å². The van der Waals surface area contributed by atoms with Crippen LogP contribution in [0.1, 0.15) is 16.7 Å². The van der Waals surface area contributed by atoms with Gasteiger partial charge in [0.25, 0.3) is 5.69 Å². The zero-order valence-electron chi connectivity index (χ0n) is 18.1. The molecule has 0 bridgehead atoms. The fraction of sp³-hybridized carbons (Fsp3) is 0.0435. The lowest BCUT2D eigenvalue weighted by Crippen LogP contribution is -2.06. The number of carbonyl (C=O) groups is 1. The Kier molecular flexibility index (Phi) is 6.64. The number of aliphatic imine (C=N–C) groups is 1. The summed E-state index contributed by atoms with van der Waals surface area (Å²) in [6.45, 7) is 0. The fourth-order valence-corrected chi connectivity index (χ4v) is 3.45. The second-order valence-corrected chi connectivity index (χ2v) is 7.74. The number of para-hydroxylation sites is 1. The Morgan fingerprint density at radius 1 is 0.973 bits per heavy atom. The number of benzene rings is 3. The smallest absolute Gasteiger partial charge is 0.416 e. The number of nitrogens with zero attached hydrogens (tertiary/aromatic N) is 3. The van der Waals surface area contributed by atoms with E-state index in [2.05, 4.69) is 4.99 Å². The highest BCUT2D eigenvalue weighted by molar-refractivity contribution is 6.34. The number of cyclic esters (lactones) is 1. The van der Waals surface area contributed by atoms with Crippen LogP contribution in [0.3, 0.4) is 0 Å². The first-order valence-electron chi connectivity index (χ1n) is 10.0. The lowest BCUT2D eigenvalue weighted by Gasteiger charge is -2.11. The molecule has 188 valence electrons. The summed E-state index contributed by atoms with van der Waals surface area (Å²) in [4.78, 5) is 37.1. The Morgan fingerprint density at radius 2 is 1.70 bits per heavy atom. The van der Waals surface area contributed by atoms with Gasteiger partial charge < -0.3 is 9.47 Å². The predicted molar refractivity (Wildman–Crippen MR) is 123 cm³/mol. The van der Waals surface area contributed by atoms with E-state index in [0.717, 1.165) is 18.2 Å². The lowest BCUT2D eigenvalue weighted by atomic mass is 10.1. The Balaban J connectivity index is 1.69. The van der Waals surface area contributed by atoms with Crippen molar-refractivity contribution in [2.45, 2.75) is 6.18 Å². The molecule has 0 amide bonds. The Labute approximate surface area is 209 Å². The summed E-state index contributed by atoms with van der Waals surface area (Å²) in [6.07, 6.45) is -3.56. The van der Waals surface area contributed by atoms with E-state index in [1.807, 2.05) is 0 Å². The largest absolute Gasteiger partial charge is 0.449 e. The molecule has 1 aliphatic heterocycles. The molecule has 0 aliphatic carbocycles. The van der Waals surface area contributed by atoms with E-state index in [4.69, 9.17) is 21.1 Å². The van der Waals surface area contributed by atoms with Crippen molar-refractivity contribution in [3.8, 4) is 11.5 Å². The predicted octanol–water partition coefficient (Wildman–Crippen LogP) is 6.31. The summed E-state index contributed by atoms with van der Waals surface area (Å²) in [7, 11) is 0. The normalized spacial score (nSPS) is 14.3. The molecule has 0 radical (unpaired) electrons. The van der Waals surface area contributed by atoms with Gasteiger partial charge in [-0.05, 0) is 30.3 Å². The van der Waals surface area contributed by atoms with E-state index < -0.39 is 39.0 Å². The zero-order valence-corrected chi connectivity index (χ0v) is 18.8. The molecule has 0 atom stereocenters. The van der Waals surface area contributed by atoms with Crippen LogP contribution in [0.25, 0.3) is 6.08 Å². The van der Waals surface area contributed by atoms with Crippen molar-refractivity contribution in [1.29, 1.82) is 0 Å². The molecule has 0 spiro atoms. The number of halogens is 4. The highest BCUT2D eigenvalue weighted by Crippen LogP contribution is 2.39. The molecule has 0 saturated carbocycles. The minimum absolute atomic E-state index is 0.0253. The van der Waals surface area contributed by atoms with E-state index in [0.29, 0.717) is 12.1 Å². The van der Waals surface area contributed by atoms with Gasteiger partial charge in [-0.3, -0.25) is 20.2 Å². The van der Waals surface area contributed by atoms with E-state index in [1.165, 1.54) is 30.3 Å². The maximum Gasteiger partial charge on any atom is 0.416 e. The molecule has 14 heteroatoms. The lowest BCUT2D eigenvalue weighted by molar-refractivity contribution is -0.385. The molecule has 0 N–H and O–H groups in total. The van der Waals surface area contributed by atoms with Crippen LogP contribution >= 0.6 is 11.6 Å². The summed E-state index contributed by atoms with van der Waals surface area (Å²) in [5, 5.41) is 22.2. The van der Waals surface area contributed by atoms with Gasteiger partial charge >= 0.3 is 17.8 Å². The Morgan fingerprint density at radius 3 is 2.35 bits per heavy atom. The van der Waals surface area contributed by atoms with E-state index in [1.54, 1.807) is 6.07 Å². The third-order valence-corrected chi connectivity index (χ3v) is 5.24. The molecule has 1 heterocycles. The number of alkyl halides is 3. The zero-order chi connectivity index (χ0) is 26.9. The molecule has 0 fully saturated rings. The average molecular weight is 534 g/mol. The second kappa shape index (κ2) is 9.70. The fourth-order valence-electron chi connectivity index (χ4n) is 3.20. The van der Waals surface area contributed by atoms with Crippen molar-refractivity contribution in [2.75, 3.05) is 0 Å². The second-order valence-electron chi connectivity index (χ2n) is 7.33. The van der Waals surface area contributed by atoms with Crippen molar-refractivity contribution >= 4 is 40.9 Å². The Hall–Kier alpha value is -4.78. The molecule has 0 saturated heterocycles. The molecule has 3 aromatic rings. The average Bonchev–Trinajstić information content (AvgIpc) is 3.19. The van der Waals surface area contributed by atoms with Gasteiger partial charge in [0.1, 0.15) is 5.75 Å². The maximum absolute atomic E-state index is 13.0. The molecule has 37 heavy (non-hydrogen) atoms. The number of ether oxygens (including phenoxy) is 2. The van der Waals surface area contributed by atoms with Gasteiger partial charge in [0.15, 0.2) is 5.70 Å². The summed E-state index contributed by atoms with van der Waals surface area (Å²) < 4.78 is 49.6. The number of nitro groups is 2. The standard InChI is InChI=1S/C23H11ClF3N3O7/c24-16-11-14(29(32)33)6-7-15(16)21-28-17(22(31)37-21)9-12-3-1-2-4-19(12)36-20-8-5-13(23(25,26)27)10-18(20)30(34)35/h1-11H/b17-9-. The van der Waals surface area contributed by atoms with Crippen molar-refractivity contribution in [3.05, 3.63) is 108 Å². The number of hydrogen-bond acceptors (Lipinski definition) is 8. The number of hydrogen-bond donors (Lipinski definition) is 0. The van der Waals surface area contributed by atoms with Crippen molar-refractivity contribution < 1.29 is 37.3 Å². The van der Waals surface area contributed by atoms with Crippen LogP contribution in [0.15, 0.2) is 71.4 Å². The molecule has 3 aromatic carbocycles. The number of esters is 1. The summed E-state index contributed by atoms with van der Waals surface area (Å²) >= 11 is 6.06. The first-order valence-corrected chi connectivity index (χ1v) is 10.4. The Bertz CT molecular complexity index is 1520. The monoisotopic (exact) mass is 533 g/mol. The van der Waals surface area contributed by atoms with Gasteiger partial charge in [-0.15, -0.1) is 0 Å². The molecular weight excluding hydrogens is 523 g/mol. The first-order chi connectivity index (χ1) is 17.4. The summed E-state index contributed by atoms with van der Waals surface area (Å²) in [5.41, 5.74) is -2.31. The van der Waals surface area contributed by atoms with Crippen LogP contribution in [0.4, 0.5) is 24.5 Å². The van der Waals surface area contributed by atoms with Gasteiger partial charge in [-0.1, -0.05) is 29.8 Å². The number of non-ortho nitro benzene ring substituents is 1. The van der Waals surface area contributed by atoms with Crippen LogP contribution in [0.5, 0.6) is 11.5 Å². The van der Waals surface area contributed by atoms with Crippen molar-refractivity contribution in [3.63, 3.8) is 0 Å². The third kappa shape index (κ3) is 5.41. The first kappa shape index (κ1) is 25.3. The van der Waals surface area contributed by atoms with Crippen LogP contribution in [-0.2, 0) is 15.7 Å². The molecule has 10 nitrogen and oxygen atoms in total. The quantitative estimate of drug-likeness (QED) is 0.157. The maximum atomic E-state index is 13.0. The number of nitro benzene ring substituents is 2. The van der Waals surface area contributed by atoms with Crippen molar-refractivity contribution in [2.24, 2.45) is 4.99 Å². The summed E-state index contributed by atoms with van der Waals surface area (Å²) in [5.74, 6) is -1.59. The van der Waals surface area contributed by atoms with Gasteiger partial charge in [0, 0.05) is 23.8 Å². The van der Waals surface area contributed by atoms with Crippen molar-refractivity contribution in [1.82, 2.24) is 0 Å². The number of carbonyl (C=O) groups excluding carboxylic acids is 1. The highest BCUT2D eigenvalue weighted by atomic mass is 35.5. The van der Waals surface area contributed by atoms with Crippen LogP contribution < -0.4 is 4.74 Å². The SMILES string of the molecule is O=C1OC(c2ccc([N+](=O)[O-])cc2Cl)=N/C1=C\c1ccccc1Oc1ccc(C(F)(F)F)cc1[N+](=O)[O-].